The minimum Gasteiger partial charge on any atom is -0.493 e. The van der Waals surface area contributed by atoms with Crippen molar-refractivity contribution in [2.75, 3.05) is 6.61 Å². The van der Waals surface area contributed by atoms with E-state index < -0.39 is 5.97 Å². The third-order valence-electron chi connectivity index (χ3n) is 2.79. The van der Waals surface area contributed by atoms with Crippen molar-refractivity contribution in [3.63, 3.8) is 0 Å². The van der Waals surface area contributed by atoms with Crippen molar-refractivity contribution in [1.82, 2.24) is 0 Å². The van der Waals surface area contributed by atoms with Gasteiger partial charge in [0.15, 0.2) is 0 Å². The predicted octanol–water partition coefficient (Wildman–Crippen LogP) is 2.46. The number of hydrogen-bond acceptors (Lipinski definition) is 3. The smallest absolute Gasteiger partial charge is 0.371 e. The molecule has 4 heteroatoms. The fraction of sp³-hybridized carbons (Fsp3) is 0.250. The number of ether oxygens (including phenoxy) is 1. The molecular weight excluding hydrogens is 208 g/mol. The van der Waals surface area contributed by atoms with Gasteiger partial charge < -0.3 is 14.3 Å². The van der Waals surface area contributed by atoms with E-state index in [0.29, 0.717) is 12.2 Å². The highest BCUT2D eigenvalue weighted by Gasteiger charge is 2.18. The van der Waals surface area contributed by atoms with Crippen LogP contribution in [-0.2, 0) is 6.42 Å². The summed E-state index contributed by atoms with van der Waals surface area (Å²) in [5.41, 5.74) is 1.63. The maximum atomic E-state index is 10.8. The molecule has 16 heavy (non-hydrogen) atoms. The highest BCUT2D eigenvalue weighted by molar-refractivity contribution is 5.93. The lowest BCUT2D eigenvalue weighted by Crippen LogP contribution is -2.08. The van der Waals surface area contributed by atoms with Gasteiger partial charge in [-0.2, -0.15) is 0 Å². The zero-order valence-corrected chi connectivity index (χ0v) is 8.53. The number of aryl methyl sites for hydroxylation is 1. The van der Waals surface area contributed by atoms with Gasteiger partial charge in [-0.15, -0.1) is 0 Å². The molecular formula is C12H10O4. The zero-order chi connectivity index (χ0) is 11.1. The van der Waals surface area contributed by atoms with Crippen molar-refractivity contribution < 1.29 is 19.1 Å². The molecule has 82 valence electrons. The quantitative estimate of drug-likeness (QED) is 0.798. The Morgan fingerprint density at radius 2 is 2.25 bits per heavy atom. The number of aromatic carboxylic acids is 1. The first kappa shape index (κ1) is 9.27. The Balaban J connectivity index is 2.26. The second-order valence-electron chi connectivity index (χ2n) is 3.83. The van der Waals surface area contributed by atoms with Gasteiger partial charge in [0, 0.05) is 10.9 Å². The van der Waals surface area contributed by atoms with Gasteiger partial charge in [0.25, 0.3) is 0 Å². The molecule has 0 atom stereocenters. The minimum atomic E-state index is -1.04. The monoisotopic (exact) mass is 218 g/mol. The molecule has 3 rings (SSSR count). The number of hydrogen-bond donors (Lipinski definition) is 1. The predicted molar refractivity (Wildman–Crippen MR) is 57.0 cm³/mol. The number of fused-ring (bicyclic) bond motifs is 3. The van der Waals surface area contributed by atoms with Crippen LogP contribution in [0.5, 0.6) is 5.75 Å². The lowest BCUT2D eigenvalue weighted by Gasteiger charge is -2.16. The van der Waals surface area contributed by atoms with Gasteiger partial charge >= 0.3 is 5.97 Å². The molecule has 0 amide bonds. The van der Waals surface area contributed by atoms with Gasteiger partial charge in [-0.05, 0) is 31.0 Å². The molecule has 1 aromatic heterocycles. The van der Waals surface area contributed by atoms with Gasteiger partial charge in [0.05, 0.1) is 6.61 Å². The number of rotatable bonds is 1. The topological polar surface area (TPSA) is 59.7 Å². The van der Waals surface area contributed by atoms with Crippen LogP contribution in [0.3, 0.4) is 0 Å². The Morgan fingerprint density at radius 3 is 3.06 bits per heavy atom. The lowest BCUT2D eigenvalue weighted by molar-refractivity contribution is 0.0665. The molecule has 4 nitrogen and oxygen atoms in total. The maximum Gasteiger partial charge on any atom is 0.371 e. The molecule has 0 unspecified atom stereocenters. The van der Waals surface area contributed by atoms with Crippen LogP contribution in [0.1, 0.15) is 22.5 Å². The molecule has 0 saturated carbocycles. The lowest BCUT2D eigenvalue weighted by atomic mass is 10.0. The summed E-state index contributed by atoms with van der Waals surface area (Å²) >= 11 is 0. The van der Waals surface area contributed by atoms with Gasteiger partial charge in [0.2, 0.25) is 5.76 Å². The zero-order valence-electron chi connectivity index (χ0n) is 8.53. The van der Waals surface area contributed by atoms with Crippen LogP contribution >= 0.6 is 0 Å². The van der Waals surface area contributed by atoms with Crippen LogP contribution < -0.4 is 4.74 Å². The van der Waals surface area contributed by atoms with Crippen molar-refractivity contribution in [3.05, 3.63) is 29.5 Å². The SMILES string of the molecule is O=C(O)c1cc2ccc3c(c2o1)CCCO3. The van der Waals surface area contributed by atoms with Crippen LogP contribution in [-0.4, -0.2) is 17.7 Å². The van der Waals surface area contributed by atoms with Crippen LogP contribution in [0.25, 0.3) is 11.0 Å². The van der Waals surface area contributed by atoms with E-state index in [1.807, 2.05) is 12.1 Å². The van der Waals surface area contributed by atoms with Gasteiger partial charge in [-0.25, -0.2) is 4.79 Å². The highest BCUT2D eigenvalue weighted by Crippen LogP contribution is 2.33. The second-order valence-corrected chi connectivity index (χ2v) is 3.83. The average Bonchev–Trinajstić information content (AvgIpc) is 2.73. The van der Waals surface area contributed by atoms with Crippen molar-refractivity contribution in [3.8, 4) is 5.75 Å². The van der Waals surface area contributed by atoms with Crippen LogP contribution in [0.15, 0.2) is 22.6 Å². The van der Waals surface area contributed by atoms with E-state index in [-0.39, 0.29) is 5.76 Å². The Hall–Kier alpha value is -1.97. The number of furan rings is 1. The van der Waals surface area contributed by atoms with Crippen LogP contribution in [0.4, 0.5) is 0 Å². The summed E-state index contributed by atoms with van der Waals surface area (Å²) in [5.74, 6) is -0.249. The summed E-state index contributed by atoms with van der Waals surface area (Å²) in [6, 6.07) is 5.25. The third-order valence-corrected chi connectivity index (χ3v) is 2.79. The molecule has 2 aromatic rings. The molecule has 1 N–H and O–H groups in total. The average molecular weight is 218 g/mol. The van der Waals surface area contributed by atoms with Crippen LogP contribution in [0, 0.1) is 0 Å². The van der Waals surface area contributed by atoms with E-state index in [1.54, 1.807) is 6.07 Å². The molecule has 1 aliphatic rings. The molecule has 1 aromatic carbocycles. The normalized spacial score (nSPS) is 14.5. The molecule has 0 spiro atoms. The molecule has 0 fully saturated rings. The maximum absolute atomic E-state index is 10.8. The van der Waals surface area contributed by atoms with E-state index in [2.05, 4.69) is 0 Å². The third kappa shape index (κ3) is 1.26. The van der Waals surface area contributed by atoms with Gasteiger partial charge in [-0.1, -0.05) is 0 Å². The number of carboxylic acids is 1. The van der Waals surface area contributed by atoms with E-state index >= 15 is 0 Å². The summed E-state index contributed by atoms with van der Waals surface area (Å²) in [7, 11) is 0. The Labute approximate surface area is 91.4 Å². The minimum absolute atomic E-state index is 0.0195. The van der Waals surface area contributed by atoms with E-state index in [9.17, 15) is 4.79 Å². The van der Waals surface area contributed by atoms with Crippen molar-refractivity contribution in [2.45, 2.75) is 12.8 Å². The summed E-state index contributed by atoms with van der Waals surface area (Å²) < 4.78 is 10.8. The molecule has 0 aliphatic carbocycles. The van der Waals surface area contributed by atoms with Gasteiger partial charge in [0.1, 0.15) is 11.3 Å². The van der Waals surface area contributed by atoms with Crippen LogP contribution in [0.2, 0.25) is 0 Å². The first-order valence-corrected chi connectivity index (χ1v) is 5.17. The Bertz CT molecular complexity index is 568. The van der Waals surface area contributed by atoms with E-state index in [4.69, 9.17) is 14.3 Å². The molecule has 0 bridgehead atoms. The van der Waals surface area contributed by atoms with E-state index in [1.165, 1.54) is 0 Å². The summed E-state index contributed by atoms with van der Waals surface area (Å²) in [4.78, 5) is 10.8. The molecule has 0 saturated heterocycles. The number of carbonyl (C=O) groups is 1. The largest absolute Gasteiger partial charge is 0.493 e. The van der Waals surface area contributed by atoms with Crippen molar-refractivity contribution >= 4 is 16.9 Å². The number of carboxylic acid groups (broad SMARTS) is 1. The van der Waals surface area contributed by atoms with Crippen molar-refractivity contribution in [2.24, 2.45) is 0 Å². The first-order valence-electron chi connectivity index (χ1n) is 5.17. The summed E-state index contributed by atoms with van der Waals surface area (Å²) in [5, 5.41) is 9.69. The second kappa shape index (κ2) is 3.27. The Morgan fingerprint density at radius 1 is 1.38 bits per heavy atom. The van der Waals surface area contributed by atoms with Gasteiger partial charge in [-0.3, -0.25) is 0 Å². The fourth-order valence-electron chi connectivity index (χ4n) is 2.05. The summed E-state index contributed by atoms with van der Waals surface area (Å²) in [6.45, 7) is 0.713. The highest BCUT2D eigenvalue weighted by atomic mass is 16.5. The molecule has 1 aliphatic heterocycles. The first-order chi connectivity index (χ1) is 7.75. The van der Waals surface area contributed by atoms with E-state index in [0.717, 1.165) is 29.5 Å². The fourth-order valence-corrected chi connectivity index (χ4v) is 2.05. The molecule has 2 heterocycles. The van der Waals surface area contributed by atoms with Crippen molar-refractivity contribution in [1.29, 1.82) is 0 Å². The summed E-state index contributed by atoms with van der Waals surface area (Å²) in [6.07, 6.45) is 1.81. The number of benzene rings is 1. The molecule has 0 radical (unpaired) electrons. The Kier molecular flexibility index (Phi) is 1.89. The standard InChI is InChI=1S/C12H10O4/c13-12(14)10-6-7-3-4-9-8(11(7)16-10)2-1-5-15-9/h3-4,6H,1-2,5H2,(H,13,14).